The average Bonchev–Trinajstić information content (AvgIpc) is 4.41. The van der Waals surface area contributed by atoms with Crippen LogP contribution in [0.15, 0.2) is 259 Å². The summed E-state index contributed by atoms with van der Waals surface area (Å²) in [5.74, 6) is 1.77. The van der Waals surface area contributed by atoms with Gasteiger partial charge < -0.3 is 8.98 Å². The van der Waals surface area contributed by atoms with E-state index in [-0.39, 0.29) is 0 Å². The number of fused-ring (bicyclic) bond motifs is 17. The highest BCUT2D eigenvalue weighted by Crippen LogP contribution is 2.64. The third kappa shape index (κ3) is 6.10. The van der Waals surface area contributed by atoms with E-state index in [2.05, 4.69) is 223 Å². The first kappa shape index (κ1) is 41.6. The van der Waals surface area contributed by atoms with E-state index in [0.29, 0.717) is 17.5 Å². The predicted octanol–water partition coefficient (Wildman–Crippen LogP) is 17.5. The van der Waals surface area contributed by atoms with Crippen molar-refractivity contribution in [1.82, 2.24) is 19.5 Å². The first-order valence-electron chi connectivity index (χ1n) is 25.6. The maximum Gasteiger partial charge on any atom is 0.164 e. The lowest BCUT2D eigenvalue weighted by Crippen LogP contribution is -2.25. The average molecular weight is 955 g/mol. The van der Waals surface area contributed by atoms with Crippen molar-refractivity contribution in [2.45, 2.75) is 5.41 Å². The molecular weight excluding hydrogens is 913 g/mol. The molecule has 75 heavy (non-hydrogen) atoms. The molecule has 0 bridgehead atoms. The molecule has 0 N–H and O–H groups in total. The Balaban J connectivity index is 0.821. The van der Waals surface area contributed by atoms with Crippen LogP contribution in [0.4, 0.5) is 0 Å². The summed E-state index contributed by atoms with van der Waals surface area (Å²) in [6, 6.07) is 91.5. The first-order valence-corrected chi connectivity index (χ1v) is 25.6. The Bertz CT molecular complexity index is 4600. The fourth-order valence-electron chi connectivity index (χ4n) is 12.6. The van der Waals surface area contributed by atoms with E-state index in [0.717, 1.165) is 61.0 Å². The smallest absolute Gasteiger partial charge is 0.164 e. The van der Waals surface area contributed by atoms with Crippen LogP contribution in [0.1, 0.15) is 22.3 Å². The van der Waals surface area contributed by atoms with Gasteiger partial charge in [0.2, 0.25) is 0 Å². The highest BCUT2D eigenvalue weighted by molar-refractivity contribution is 6.17. The maximum atomic E-state index is 6.66. The normalized spacial score (nSPS) is 12.9. The van der Waals surface area contributed by atoms with Gasteiger partial charge in [-0.15, -0.1) is 0 Å². The molecule has 0 atom stereocenters. The Morgan fingerprint density at radius 3 is 1.45 bits per heavy atom. The quantitative estimate of drug-likeness (QED) is 0.167. The second-order valence-corrected chi connectivity index (χ2v) is 19.8. The molecule has 2 aliphatic carbocycles. The topological polar surface area (TPSA) is 56.7 Å². The van der Waals surface area contributed by atoms with Crippen molar-refractivity contribution in [2.24, 2.45) is 0 Å². The van der Waals surface area contributed by atoms with E-state index in [1.54, 1.807) is 0 Å². The van der Waals surface area contributed by atoms with Crippen molar-refractivity contribution < 1.29 is 4.42 Å². The Labute approximate surface area is 432 Å². The number of aromatic nitrogens is 4. The van der Waals surface area contributed by atoms with Gasteiger partial charge in [-0.05, 0) is 122 Å². The van der Waals surface area contributed by atoms with Crippen LogP contribution in [-0.4, -0.2) is 19.5 Å². The molecule has 5 heteroatoms. The number of hydrogen-bond donors (Lipinski definition) is 0. The van der Waals surface area contributed by atoms with Gasteiger partial charge in [0.05, 0.1) is 16.4 Å². The molecule has 348 valence electrons. The van der Waals surface area contributed by atoms with Crippen LogP contribution in [0.25, 0.3) is 128 Å². The highest BCUT2D eigenvalue weighted by atomic mass is 16.3. The fourth-order valence-corrected chi connectivity index (χ4v) is 12.6. The zero-order chi connectivity index (χ0) is 49.2. The van der Waals surface area contributed by atoms with Gasteiger partial charge in [0.15, 0.2) is 17.5 Å². The van der Waals surface area contributed by atoms with Crippen LogP contribution < -0.4 is 0 Å². The van der Waals surface area contributed by atoms with Crippen molar-refractivity contribution in [2.75, 3.05) is 0 Å². The second kappa shape index (κ2) is 16.0. The summed E-state index contributed by atoms with van der Waals surface area (Å²) in [7, 11) is 0. The second-order valence-electron chi connectivity index (χ2n) is 19.8. The fraction of sp³-hybridized carbons (Fsp3) is 0.0143. The number of para-hydroxylation sites is 1. The van der Waals surface area contributed by atoms with Crippen LogP contribution in [0.3, 0.4) is 0 Å². The number of rotatable bonds is 6. The van der Waals surface area contributed by atoms with Crippen molar-refractivity contribution in [3.8, 4) is 84.4 Å². The summed E-state index contributed by atoms with van der Waals surface area (Å²) in [6.07, 6.45) is 0. The lowest BCUT2D eigenvalue weighted by Gasteiger charge is -2.30. The van der Waals surface area contributed by atoms with E-state index in [1.165, 1.54) is 71.9 Å². The third-order valence-corrected chi connectivity index (χ3v) is 15.9. The minimum absolute atomic E-state index is 0.445. The van der Waals surface area contributed by atoms with Gasteiger partial charge in [-0.1, -0.05) is 194 Å². The summed E-state index contributed by atoms with van der Waals surface area (Å²) < 4.78 is 9.13. The lowest BCUT2D eigenvalue weighted by atomic mass is 9.70. The number of hydrogen-bond acceptors (Lipinski definition) is 4. The summed E-state index contributed by atoms with van der Waals surface area (Å²) >= 11 is 0. The van der Waals surface area contributed by atoms with Gasteiger partial charge >= 0.3 is 0 Å². The number of benzene rings is 11. The van der Waals surface area contributed by atoms with E-state index in [4.69, 9.17) is 19.4 Å². The molecule has 0 radical (unpaired) electrons. The van der Waals surface area contributed by atoms with Gasteiger partial charge in [-0.2, -0.15) is 0 Å². The minimum Gasteiger partial charge on any atom is -0.456 e. The van der Waals surface area contributed by atoms with Gasteiger partial charge in [0.25, 0.3) is 0 Å². The molecule has 5 nitrogen and oxygen atoms in total. The van der Waals surface area contributed by atoms with E-state index in [1.807, 2.05) is 36.4 Å². The standard InChI is InChI=1S/C70H42N4O/c1-3-16-43(17-4-1)46-20-15-21-47(40-46)48-32-36-54-55-37-33-49(42-64(55)75-63(54)41-48)69-72-67(44-18-5-2-6-19-44)71-68(73-69)45-30-34-50(35-31-45)74-62-29-14-10-24-53(62)56-38-39-61-65(66(56)74)57-25-9-13-28-60(57)70(61)58-26-11-7-22-51(58)52-23-8-12-27-59(52)70/h1-42H. The summed E-state index contributed by atoms with van der Waals surface area (Å²) in [5.41, 5.74) is 22.3. The molecule has 0 amide bonds. The van der Waals surface area contributed by atoms with E-state index in [9.17, 15) is 0 Å². The van der Waals surface area contributed by atoms with Gasteiger partial charge in [0.1, 0.15) is 11.2 Å². The van der Waals surface area contributed by atoms with Gasteiger partial charge in [0, 0.05) is 49.5 Å². The van der Waals surface area contributed by atoms with E-state index < -0.39 is 5.41 Å². The Hall–Kier alpha value is -9.97. The minimum atomic E-state index is -0.445. The number of furan rings is 1. The molecule has 3 heterocycles. The van der Waals surface area contributed by atoms with Crippen molar-refractivity contribution in [3.63, 3.8) is 0 Å². The molecule has 0 saturated heterocycles. The van der Waals surface area contributed by atoms with Crippen molar-refractivity contribution >= 4 is 43.7 Å². The van der Waals surface area contributed by atoms with Crippen molar-refractivity contribution in [1.29, 1.82) is 0 Å². The molecule has 3 aromatic heterocycles. The highest BCUT2D eigenvalue weighted by Gasteiger charge is 2.52. The molecule has 16 rings (SSSR count). The molecule has 0 fully saturated rings. The number of nitrogens with zero attached hydrogens (tertiary/aromatic N) is 4. The third-order valence-electron chi connectivity index (χ3n) is 15.9. The Kier molecular flexibility index (Phi) is 8.89. The van der Waals surface area contributed by atoms with Crippen molar-refractivity contribution in [3.05, 3.63) is 277 Å². The maximum absolute atomic E-state index is 6.66. The van der Waals surface area contributed by atoms with E-state index >= 15 is 0 Å². The zero-order valence-electron chi connectivity index (χ0n) is 40.4. The lowest BCUT2D eigenvalue weighted by molar-refractivity contribution is 0.669. The molecule has 0 aliphatic heterocycles. The summed E-state index contributed by atoms with van der Waals surface area (Å²) in [5, 5.41) is 4.55. The van der Waals surface area contributed by atoms with Gasteiger partial charge in [-0.3, -0.25) is 0 Å². The van der Waals surface area contributed by atoms with Crippen LogP contribution in [-0.2, 0) is 5.41 Å². The Morgan fingerprint density at radius 1 is 0.307 bits per heavy atom. The monoisotopic (exact) mass is 954 g/mol. The SMILES string of the molecule is c1ccc(-c2cccc(-c3ccc4c(c3)oc3cc(-c5nc(-c6ccccc6)nc(-c6ccc(-n7c8ccccc8c8ccc9c(c87)-c7ccccc7C97c8ccccc8-c8ccccc87)cc6)n5)ccc34)c2)cc1. The first-order chi connectivity index (χ1) is 37.2. The molecule has 0 unspecified atom stereocenters. The largest absolute Gasteiger partial charge is 0.456 e. The molecule has 1 spiro atoms. The summed E-state index contributed by atoms with van der Waals surface area (Å²) in [4.78, 5) is 15.5. The molecule has 2 aliphatic rings. The molecule has 11 aromatic carbocycles. The van der Waals surface area contributed by atoms with Crippen LogP contribution in [0.5, 0.6) is 0 Å². The van der Waals surface area contributed by atoms with Crippen LogP contribution in [0.2, 0.25) is 0 Å². The summed E-state index contributed by atoms with van der Waals surface area (Å²) in [6.45, 7) is 0. The van der Waals surface area contributed by atoms with Crippen LogP contribution in [0, 0.1) is 0 Å². The predicted molar refractivity (Wildman–Crippen MR) is 305 cm³/mol. The molecule has 0 saturated carbocycles. The van der Waals surface area contributed by atoms with Gasteiger partial charge in [-0.25, -0.2) is 15.0 Å². The Morgan fingerprint density at radius 2 is 0.773 bits per heavy atom. The molecule has 14 aromatic rings. The zero-order valence-corrected chi connectivity index (χ0v) is 40.4. The van der Waals surface area contributed by atoms with Crippen LogP contribution >= 0.6 is 0 Å². The molecular formula is C70H42N4O.